The van der Waals surface area contributed by atoms with Gasteiger partial charge < -0.3 is 10.4 Å². The summed E-state index contributed by atoms with van der Waals surface area (Å²) in [7, 11) is 0. The highest BCUT2D eigenvalue weighted by Crippen LogP contribution is 2.66. The molecule has 0 heterocycles. The Kier molecular flexibility index (Phi) is 4.80. The van der Waals surface area contributed by atoms with E-state index in [1.54, 1.807) is 0 Å². The molecule has 4 aliphatic rings. The van der Waals surface area contributed by atoms with Crippen LogP contribution < -0.4 is 5.32 Å². The molecule has 1 unspecified atom stereocenters. The van der Waals surface area contributed by atoms with Crippen LogP contribution in [0.25, 0.3) is 0 Å². The van der Waals surface area contributed by atoms with Crippen LogP contribution in [0.15, 0.2) is 11.6 Å². The van der Waals surface area contributed by atoms with Crippen molar-refractivity contribution in [2.75, 3.05) is 6.61 Å². The zero-order chi connectivity index (χ0) is 20.3. The summed E-state index contributed by atoms with van der Waals surface area (Å²) in [4.78, 5) is 36.5. The van der Waals surface area contributed by atoms with E-state index in [0.717, 1.165) is 38.5 Å². The average molecular weight is 388 g/mol. The maximum Gasteiger partial charge on any atom is 0.217 e. The highest BCUT2D eigenvalue weighted by molar-refractivity contribution is 5.98. The Balaban J connectivity index is 1.63. The molecule has 2 N–H and O–H groups in total. The standard InChI is InChI=1S/C23H33NO4/c1-13(26)24-19-11-23(3)14(10-20(19)27)4-5-15-16-6-7-18(21(28)12-25)22(16,2)9-8-17(15)23/h10,15-19,25H,4-9,11-12H2,1-3H3,(H,24,26)/t15-,16-,17-,18+,19?,22-,23-/m0/s1. The third kappa shape index (κ3) is 2.80. The van der Waals surface area contributed by atoms with E-state index in [1.165, 1.54) is 12.5 Å². The van der Waals surface area contributed by atoms with Crippen molar-refractivity contribution >= 4 is 17.5 Å². The molecular formula is C23H33NO4. The van der Waals surface area contributed by atoms with Crippen LogP contribution in [0.5, 0.6) is 0 Å². The van der Waals surface area contributed by atoms with E-state index in [1.807, 2.05) is 6.08 Å². The smallest absolute Gasteiger partial charge is 0.217 e. The second-order valence-corrected chi connectivity index (χ2v) is 10.2. The van der Waals surface area contributed by atoms with Crippen molar-refractivity contribution in [2.24, 2.45) is 34.5 Å². The first kappa shape index (κ1) is 19.8. The van der Waals surface area contributed by atoms with Crippen LogP contribution in [0.2, 0.25) is 0 Å². The van der Waals surface area contributed by atoms with Gasteiger partial charge in [-0.15, -0.1) is 0 Å². The van der Waals surface area contributed by atoms with Crippen LogP contribution in [0.3, 0.4) is 0 Å². The van der Waals surface area contributed by atoms with E-state index in [0.29, 0.717) is 24.2 Å². The second-order valence-electron chi connectivity index (χ2n) is 10.2. The van der Waals surface area contributed by atoms with Crippen LogP contribution in [0.1, 0.15) is 65.7 Å². The molecule has 0 bridgehead atoms. The summed E-state index contributed by atoms with van der Waals surface area (Å²) in [6, 6.07) is -0.411. The lowest BCUT2D eigenvalue weighted by Gasteiger charge is -2.58. The highest BCUT2D eigenvalue weighted by atomic mass is 16.3. The molecule has 0 aliphatic heterocycles. The molecular weight excluding hydrogens is 354 g/mol. The van der Waals surface area contributed by atoms with Crippen LogP contribution in [0.4, 0.5) is 0 Å². The van der Waals surface area contributed by atoms with E-state index >= 15 is 0 Å². The summed E-state index contributed by atoms with van der Waals surface area (Å²) in [5.74, 6) is 1.47. The van der Waals surface area contributed by atoms with Crippen molar-refractivity contribution in [3.63, 3.8) is 0 Å². The SMILES string of the molecule is CC(=O)NC1C[C@@]2(C)C(=CC1=O)CC[C@H]1[C@@H]3CC[C@H](C(=O)CO)[C@@]3(C)CC[C@@H]12. The third-order valence-electron chi connectivity index (χ3n) is 8.95. The zero-order valence-electron chi connectivity index (χ0n) is 17.3. The summed E-state index contributed by atoms with van der Waals surface area (Å²) in [5.41, 5.74) is 1.22. The van der Waals surface area contributed by atoms with Crippen molar-refractivity contribution in [1.29, 1.82) is 0 Å². The van der Waals surface area contributed by atoms with Crippen LogP contribution >= 0.6 is 0 Å². The first-order valence-corrected chi connectivity index (χ1v) is 10.9. The molecule has 0 aromatic carbocycles. The predicted octanol–water partition coefficient (Wildman–Crippen LogP) is 2.81. The van der Waals surface area contributed by atoms with Crippen molar-refractivity contribution in [2.45, 2.75) is 71.8 Å². The number of hydrogen-bond donors (Lipinski definition) is 2. The number of rotatable bonds is 3. The van der Waals surface area contributed by atoms with Gasteiger partial charge in [-0.3, -0.25) is 14.4 Å². The molecule has 0 saturated heterocycles. The number of aliphatic hydroxyl groups excluding tert-OH is 1. The first-order valence-electron chi connectivity index (χ1n) is 10.9. The van der Waals surface area contributed by atoms with Gasteiger partial charge in [0, 0.05) is 12.8 Å². The number of hydrogen-bond acceptors (Lipinski definition) is 4. The van der Waals surface area contributed by atoms with Gasteiger partial charge >= 0.3 is 0 Å². The topological polar surface area (TPSA) is 83.5 Å². The molecule has 5 heteroatoms. The lowest BCUT2D eigenvalue weighted by Crippen LogP contribution is -2.55. The Labute approximate surface area is 167 Å². The van der Waals surface area contributed by atoms with E-state index < -0.39 is 6.04 Å². The van der Waals surface area contributed by atoms with Crippen molar-refractivity contribution in [3.05, 3.63) is 11.6 Å². The Bertz CT molecular complexity index is 743. The number of amides is 1. The molecule has 5 nitrogen and oxygen atoms in total. The summed E-state index contributed by atoms with van der Waals surface area (Å²) in [5, 5.41) is 12.3. The van der Waals surface area contributed by atoms with Gasteiger partial charge in [-0.1, -0.05) is 19.4 Å². The van der Waals surface area contributed by atoms with Crippen LogP contribution in [-0.4, -0.2) is 35.2 Å². The fraction of sp³-hybridized carbons (Fsp3) is 0.783. The molecule has 4 rings (SSSR count). The molecule has 154 valence electrons. The minimum Gasteiger partial charge on any atom is -0.389 e. The lowest BCUT2D eigenvalue weighted by atomic mass is 9.46. The number of nitrogens with one attached hydrogen (secondary N) is 1. The molecule has 4 aliphatic carbocycles. The quantitative estimate of drug-likeness (QED) is 0.780. The van der Waals surface area contributed by atoms with Crippen molar-refractivity contribution in [3.8, 4) is 0 Å². The third-order valence-corrected chi connectivity index (χ3v) is 8.95. The second kappa shape index (κ2) is 6.79. The Morgan fingerprint density at radius 1 is 1.18 bits per heavy atom. The van der Waals surface area contributed by atoms with E-state index in [2.05, 4.69) is 19.2 Å². The van der Waals surface area contributed by atoms with Gasteiger partial charge in [0.05, 0.1) is 6.04 Å². The summed E-state index contributed by atoms with van der Waals surface area (Å²) >= 11 is 0. The number of ketones is 2. The van der Waals surface area contributed by atoms with Gasteiger partial charge in [-0.2, -0.15) is 0 Å². The lowest BCUT2D eigenvalue weighted by molar-refractivity contribution is -0.133. The van der Waals surface area contributed by atoms with Crippen LogP contribution in [-0.2, 0) is 14.4 Å². The molecule has 0 radical (unpaired) electrons. The van der Waals surface area contributed by atoms with E-state index in [4.69, 9.17) is 0 Å². The number of fused-ring (bicyclic) bond motifs is 5. The predicted molar refractivity (Wildman–Crippen MR) is 105 cm³/mol. The minimum absolute atomic E-state index is 0.0000791. The normalized spacial score (nSPS) is 44.8. The van der Waals surface area contributed by atoms with E-state index in [9.17, 15) is 19.5 Å². The Hall–Kier alpha value is -1.49. The Morgan fingerprint density at radius 2 is 1.93 bits per heavy atom. The van der Waals surface area contributed by atoms with Gasteiger partial charge in [-0.05, 0) is 79.6 Å². The molecule has 0 spiro atoms. The van der Waals surface area contributed by atoms with Gasteiger partial charge in [0.1, 0.15) is 6.61 Å². The summed E-state index contributed by atoms with van der Waals surface area (Å²) in [6.45, 7) is 5.70. The Morgan fingerprint density at radius 3 is 2.61 bits per heavy atom. The molecule has 3 saturated carbocycles. The van der Waals surface area contributed by atoms with Gasteiger partial charge in [0.25, 0.3) is 0 Å². The monoisotopic (exact) mass is 387 g/mol. The number of aliphatic hydroxyl groups is 1. The fourth-order valence-corrected chi connectivity index (χ4v) is 7.65. The van der Waals surface area contributed by atoms with Gasteiger partial charge in [-0.25, -0.2) is 0 Å². The number of Topliss-reactive ketones (excluding diaryl/α,β-unsaturated/α-hetero) is 1. The minimum atomic E-state index is -0.411. The van der Waals surface area contributed by atoms with E-state index in [-0.39, 0.29) is 40.8 Å². The van der Waals surface area contributed by atoms with Crippen molar-refractivity contribution < 1.29 is 19.5 Å². The summed E-state index contributed by atoms with van der Waals surface area (Å²) < 4.78 is 0. The molecule has 0 aromatic heterocycles. The number of allylic oxidation sites excluding steroid dienone is 1. The van der Waals surface area contributed by atoms with Gasteiger partial charge in [0.2, 0.25) is 5.91 Å². The van der Waals surface area contributed by atoms with Crippen LogP contribution in [0, 0.1) is 34.5 Å². The molecule has 28 heavy (non-hydrogen) atoms. The zero-order valence-corrected chi connectivity index (χ0v) is 17.3. The molecule has 3 fully saturated rings. The average Bonchev–Trinajstić information content (AvgIpc) is 2.99. The fourth-order valence-electron chi connectivity index (χ4n) is 7.65. The summed E-state index contributed by atoms with van der Waals surface area (Å²) in [6.07, 6.45) is 8.58. The van der Waals surface area contributed by atoms with Crippen molar-refractivity contribution in [1.82, 2.24) is 5.32 Å². The largest absolute Gasteiger partial charge is 0.389 e. The first-order chi connectivity index (χ1) is 13.2. The number of carbonyl (C=O) groups excluding carboxylic acids is 3. The van der Waals surface area contributed by atoms with Gasteiger partial charge in [0.15, 0.2) is 11.6 Å². The molecule has 7 atom stereocenters. The maximum atomic E-state index is 12.5. The highest BCUT2D eigenvalue weighted by Gasteiger charge is 2.60. The maximum absolute atomic E-state index is 12.5. The number of carbonyl (C=O) groups is 3. The molecule has 0 aromatic rings. The molecule has 1 amide bonds.